The SMILES string of the molecule is CC(C)(C)[C@H](NC(=O)c1nn(CC2CCC(F)(F)CC2)c2ccccc12)C(=O)NCCNS(=O)(=O)C1CC1. The highest BCUT2D eigenvalue weighted by atomic mass is 32.2. The van der Waals surface area contributed by atoms with Gasteiger partial charge in [-0.05, 0) is 43.1 Å². The van der Waals surface area contributed by atoms with E-state index in [-0.39, 0.29) is 42.8 Å². The zero-order chi connectivity index (χ0) is 27.7. The van der Waals surface area contributed by atoms with Gasteiger partial charge in [-0.1, -0.05) is 39.0 Å². The molecule has 38 heavy (non-hydrogen) atoms. The van der Waals surface area contributed by atoms with Gasteiger partial charge in [-0.15, -0.1) is 0 Å². The van der Waals surface area contributed by atoms with E-state index in [0.29, 0.717) is 37.6 Å². The van der Waals surface area contributed by atoms with E-state index < -0.39 is 39.2 Å². The molecule has 2 fully saturated rings. The van der Waals surface area contributed by atoms with Crippen LogP contribution in [0.15, 0.2) is 24.3 Å². The van der Waals surface area contributed by atoms with Crippen molar-refractivity contribution in [2.45, 2.75) is 83.1 Å². The van der Waals surface area contributed by atoms with Crippen LogP contribution >= 0.6 is 0 Å². The van der Waals surface area contributed by atoms with Gasteiger partial charge in [-0.2, -0.15) is 5.10 Å². The molecule has 2 amide bonds. The molecule has 0 saturated heterocycles. The predicted octanol–water partition coefficient (Wildman–Crippen LogP) is 3.20. The molecule has 1 heterocycles. The van der Waals surface area contributed by atoms with Crippen LogP contribution < -0.4 is 15.4 Å². The van der Waals surface area contributed by atoms with Gasteiger partial charge in [0.15, 0.2) is 5.69 Å². The van der Waals surface area contributed by atoms with Gasteiger partial charge in [0.1, 0.15) is 6.04 Å². The lowest BCUT2D eigenvalue weighted by atomic mass is 9.86. The van der Waals surface area contributed by atoms with Crippen molar-refractivity contribution >= 4 is 32.7 Å². The molecule has 3 N–H and O–H groups in total. The van der Waals surface area contributed by atoms with Crippen molar-refractivity contribution in [3.05, 3.63) is 30.0 Å². The van der Waals surface area contributed by atoms with Gasteiger partial charge in [0, 0.05) is 37.9 Å². The smallest absolute Gasteiger partial charge is 0.273 e. The van der Waals surface area contributed by atoms with E-state index >= 15 is 0 Å². The highest BCUT2D eigenvalue weighted by Gasteiger charge is 2.37. The third kappa shape index (κ3) is 6.88. The second-order valence-electron chi connectivity index (χ2n) is 11.5. The van der Waals surface area contributed by atoms with Gasteiger partial charge in [0.25, 0.3) is 5.91 Å². The van der Waals surface area contributed by atoms with E-state index in [4.69, 9.17) is 0 Å². The molecule has 2 aliphatic rings. The van der Waals surface area contributed by atoms with E-state index in [9.17, 15) is 26.8 Å². The van der Waals surface area contributed by atoms with Gasteiger partial charge < -0.3 is 10.6 Å². The third-order valence-corrected chi connectivity index (χ3v) is 9.19. The van der Waals surface area contributed by atoms with Crippen molar-refractivity contribution in [2.75, 3.05) is 13.1 Å². The second-order valence-corrected chi connectivity index (χ2v) is 13.6. The molecule has 1 atom stereocenters. The van der Waals surface area contributed by atoms with Crippen LogP contribution in [0.25, 0.3) is 10.9 Å². The molecular formula is C26H37F2N5O4S. The molecule has 9 nitrogen and oxygen atoms in total. The number of benzene rings is 1. The van der Waals surface area contributed by atoms with Crippen molar-refractivity contribution in [1.29, 1.82) is 0 Å². The Labute approximate surface area is 222 Å². The van der Waals surface area contributed by atoms with Gasteiger partial charge >= 0.3 is 0 Å². The summed E-state index contributed by atoms with van der Waals surface area (Å²) >= 11 is 0. The van der Waals surface area contributed by atoms with Crippen LogP contribution in [-0.2, 0) is 21.4 Å². The van der Waals surface area contributed by atoms with Crippen molar-refractivity contribution < 1.29 is 26.8 Å². The Morgan fingerprint density at radius 2 is 1.76 bits per heavy atom. The number of halogens is 2. The standard InChI is InChI=1S/C26H37F2N5O4S/c1-25(2,3)22(24(35)29-14-15-30-38(36,37)18-8-9-18)31-23(34)21-19-6-4-5-7-20(19)33(32-21)16-17-10-12-26(27,28)13-11-17/h4-7,17-18,22,30H,8-16H2,1-3H3,(H,29,35)(H,31,34)/t22-/m1/s1. The zero-order valence-corrected chi connectivity index (χ0v) is 22.9. The first kappa shape index (κ1) is 28.4. The number of para-hydroxylation sites is 1. The molecule has 1 aromatic heterocycles. The van der Waals surface area contributed by atoms with Gasteiger partial charge in [-0.3, -0.25) is 14.3 Å². The van der Waals surface area contributed by atoms with Crippen LogP contribution in [0.5, 0.6) is 0 Å². The number of hydrogen-bond donors (Lipinski definition) is 3. The maximum atomic E-state index is 13.6. The Morgan fingerprint density at radius 3 is 2.39 bits per heavy atom. The van der Waals surface area contributed by atoms with E-state index in [0.717, 1.165) is 5.52 Å². The molecule has 210 valence electrons. The maximum Gasteiger partial charge on any atom is 0.273 e. The lowest BCUT2D eigenvalue weighted by Gasteiger charge is -2.30. The predicted molar refractivity (Wildman–Crippen MR) is 140 cm³/mol. The number of nitrogens with zero attached hydrogens (tertiary/aromatic N) is 2. The minimum atomic E-state index is -3.34. The summed E-state index contributed by atoms with van der Waals surface area (Å²) in [7, 11) is -3.34. The number of rotatable bonds is 10. The molecule has 2 saturated carbocycles. The largest absolute Gasteiger partial charge is 0.353 e. The fraction of sp³-hybridized carbons (Fsp3) is 0.654. The number of nitrogens with one attached hydrogen (secondary N) is 3. The number of carbonyl (C=O) groups excluding carboxylic acids is 2. The molecule has 2 aliphatic carbocycles. The minimum absolute atomic E-state index is 0.0410. The zero-order valence-electron chi connectivity index (χ0n) is 22.1. The number of sulfonamides is 1. The number of fused-ring (bicyclic) bond motifs is 1. The fourth-order valence-electron chi connectivity index (χ4n) is 4.81. The summed E-state index contributed by atoms with van der Waals surface area (Å²) in [6.07, 6.45) is 1.81. The Morgan fingerprint density at radius 1 is 1.11 bits per heavy atom. The summed E-state index contributed by atoms with van der Waals surface area (Å²) < 4.78 is 55.4. The molecule has 0 spiro atoms. The van der Waals surface area contributed by atoms with Crippen molar-refractivity contribution in [3.63, 3.8) is 0 Å². The van der Waals surface area contributed by atoms with Gasteiger partial charge in [0.2, 0.25) is 21.9 Å². The van der Waals surface area contributed by atoms with Crippen molar-refractivity contribution in [2.24, 2.45) is 11.3 Å². The van der Waals surface area contributed by atoms with Crippen LogP contribution in [0.1, 0.15) is 69.8 Å². The monoisotopic (exact) mass is 553 g/mol. The summed E-state index contributed by atoms with van der Waals surface area (Å²) in [5.74, 6) is -3.51. The normalized spacial score (nSPS) is 19.3. The fourth-order valence-corrected chi connectivity index (χ4v) is 6.19. The Balaban J connectivity index is 1.44. The number of alkyl halides is 2. The van der Waals surface area contributed by atoms with Crippen LogP contribution in [0, 0.1) is 11.3 Å². The summed E-state index contributed by atoms with van der Waals surface area (Å²) in [6.45, 7) is 6.06. The van der Waals surface area contributed by atoms with E-state index in [1.54, 1.807) is 16.8 Å². The average molecular weight is 554 g/mol. The molecule has 0 radical (unpaired) electrons. The van der Waals surface area contributed by atoms with Crippen LogP contribution in [-0.4, -0.2) is 60.3 Å². The first-order valence-corrected chi connectivity index (χ1v) is 14.7. The first-order chi connectivity index (χ1) is 17.8. The Kier molecular flexibility index (Phi) is 8.13. The van der Waals surface area contributed by atoms with E-state index in [2.05, 4.69) is 20.5 Å². The number of hydrogen-bond acceptors (Lipinski definition) is 5. The second kappa shape index (κ2) is 10.9. The van der Waals surface area contributed by atoms with E-state index in [1.807, 2.05) is 32.9 Å². The number of carbonyl (C=O) groups is 2. The highest BCUT2D eigenvalue weighted by Crippen LogP contribution is 2.37. The summed E-state index contributed by atoms with van der Waals surface area (Å²) in [5.41, 5.74) is 0.259. The lowest BCUT2D eigenvalue weighted by Crippen LogP contribution is -2.54. The van der Waals surface area contributed by atoms with Crippen LogP contribution in [0.4, 0.5) is 8.78 Å². The molecule has 12 heteroatoms. The van der Waals surface area contributed by atoms with Gasteiger partial charge in [-0.25, -0.2) is 21.9 Å². The maximum absolute atomic E-state index is 13.6. The van der Waals surface area contributed by atoms with E-state index in [1.165, 1.54) is 0 Å². The van der Waals surface area contributed by atoms with Gasteiger partial charge in [0.05, 0.1) is 10.8 Å². The molecule has 2 aromatic rings. The topological polar surface area (TPSA) is 122 Å². The summed E-state index contributed by atoms with van der Waals surface area (Å²) in [5, 5.41) is 10.4. The van der Waals surface area contributed by atoms with Crippen LogP contribution in [0.2, 0.25) is 0 Å². The Hall–Kier alpha value is -2.60. The molecule has 0 unspecified atom stereocenters. The highest BCUT2D eigenvalue weighted by molar-refractivity contribution is 7.90. The lowest BCUT2D eigenvalue weighted by molar-refractivity contribution is -0.125. The summed E-state index contributed by atoms with van der Waals surface area (Å²) in [6, 6.07) is 6.34. The Bertz CT molecular complexity index is 1270. The molecular weight excluding hydrogens is 516 g/mol. The summed E-state index contributed by atoms with van der Waals surface area (Å²) in [4.78, 5) is 26.4. The minimum Gasteiger partial charge on any atom is -0.353 e. The number of amides is 2. The number of aromatic nitrogens is 2. The van der Waals surface area contributed by atoms with Crippen LogP contribution in [0.3, 0.4) is 0 Å². The molecule has 0 bridgehead atoms. The molecule has 0 aliphatic heterocycles. The first-order valence-electron chi connectivity index (χ1n) is 13.2. The average Bonchev–Trinajstić information content (AvgIpc) is 3.64. The van der Waals surface area contributed by atoms with Crippen molar-refractivity contribution in [3.8, 4) is 0 Å². The third-order valence-electron chi connectivity index (χ3n) is 7.24. The van der Waals surface area contributed by atoms with Crippen molar-refractivity contribution in [1.82, 2.24) is 25.1 Å². The molecule has 4 rings (SSSR count). The quantitative estimate of drug-likeness (QED) is 0.390. The molecule has 1 aromatic carbocycles.